The van der Waals surface area contributed by atoms with Gasteiger partial charge < -0.3 is 10.1 Å². The van der Waals surface area contributed by atoms with Gasteiger partial charge in [-0.25, -0.2) is 13.1 Å². The van der Waals surface area contributed by atoms with Gasteiger partial charge in [-0.05, 0) is 55.7 Å². The lowest BCUT2D eigenvalue weighted by atomic mass is 10.2. The van der Waals surface area contributed by atoms with Gasteiger partial charge in [-0.3, -0.25) is 4.79 Å². The number of carbonyl (C=O) groups is 1. The van der Waals surface area contributed by atoms with Crippen molar-refractivity contribution in [2.45, 2.75) is 50.0 Å². The van der Waals surface area contributed by atoms with Crippen LogP contribution in [0.5, 0.6) is 5.75 Å². The lowest BCUT2D eigenvalue weighted by Gasteiger charge is -2.14. The maximum Gasteiger partial charge on any atom is 0.255 e. The van der Waals surface area contributed by atoms with Gasteiger partial charge in [-0.2, -0.15) is 0 Å². The molecule has 6 nitrogen and oxygen atoms in total. The Morgan fingerprint density at radius 2 is 1.93 bits per heavy atom. The third-order valence-corrected chi connectivity index (χ3v) is 6.49. The van der Waals surface area contributed by atoms with Gasteiger partial charge in [0.25, 0.3) is 5.91 Å². The smallest absolute Gasteiger partial charge is 0.255 e. The van der Waals surface area contributed by atoms with E-state index in [-0.39, 0.29) is 16.5 Å². The number of hydrogen-bond donors (Lipinski definition) is 2. The zero-order valence-electron chi connectivity index (χ0n) is 16.3. The molecule has 0 saturated heterocycles. The van der Waals surface area contributed by atoms with Crippen LogP contribution in [0.4, 0.5) is 5.69 Å². The Kier molecular flexibility index (Phi) is 7.16. The second-order valence-electron chi connectivity index (χ2n) is 7.07. The normalized spacial score (nSPS) is 14.7. The highest BCUT2D eigenvalue weighted by molar-refractivity contribution is 7.89. The summed E-state index contributed by atoms with van der Waals surface area (Å²) in [7, 11) is -3.68. The molecule has 0 spiro atoms. The predicted octanol–water partition coefficient (Wildman–Crippen LogP) is 4.60. The summed E-state index contributed by atoms with van der Waals surface area (Å²) in [4.78, 5) is 12.8. The van der Waals surface area contributed by atoms with E-state index in [0.717, 1.165) is 32.1 Å². The molecule has 1 saturated carbocycles. The molecule has 0 aromatic heterocycles. The Bertz CT molecular complexity index is 972. The fraction of sp³-hybridized carbons (Fsp3) is 0.381. The molecule has 2 aromatic carbocycles. The Labute approximate surface area is 176 Å². The first-order valence-electron chi connectivity index (χ1n) is 9.75. The van der Waals surface area contributed by atoms with E-state index in [1.807, 2.05) is 6.92 Å². The van der Waals surface area contributed by atoms with Crippen LogP contribution in [0.1, 0.15) is 49.4 Å². The van der Waals surface area contributed by atoms with Crippen LogP contribution in [-0.2, 0) is 10.0 Å². The number of benzene rings is 2. The van der Waals surface area contributed by atoms with Crippen molar-refractivity contribution in [1.82, 2.24) is 4.72 Å². The molecule has 0 radical (unpaired) electrons. The summed E-state index contributed by atoms with van der Waals surface area (Å²) in [6.07, 6.45) is 4.56. The molecule has 0 heterocycles. The van der Waals surface area contributed by atoms with Gasteiger partial charge in [-0.1, -0.05) is 37.4 Å². The van der Waals surface area contributed by atoms with Crippen LogP contribution in [0.15, 0.2) is 47.4 Å². The number of amides is 1. The summed E-state index contributed by atoms with van der Waals surface area (Å²) in [5.74, 6) is 0.0720. The number of anilines is 1. The van der Waals surface area contributed by atoms with Crippen molar-refractivity contribution in [3.63, 3.8) is 0 Å². The summed E-state index contributed by atoms with van der Waals surface area (Å²) < 4.78 is 33.7. The molecule has 0 atom stereocenters. The molecule has 3 rings (SSSR count). The highest BCUT2D eigenvalue weighted by Crippen LogP contribution is 2.29. The first-order chi connectivity index (χ1) is 13.9. The van der Waals surface area contributed by atoms with Crippen molar-refractivity contribution in [3.05, 3.63) is 53.1 Å². The molecule has 156 valence electrons. The number of halogens is 1. The van der Waals surface area contributed by atoms with Gasteiger partial charge >= 0.3 is 0 Å². The van der Waals surface area contributed by atoms with E-state index in [2.05, 4.69) is 10.0 Å². The Morgan fingerprint density at radius 3 is 2.66 bits per heavy atom. The monoisotopic (exact) mass is 436 g/mol. The Hall–Kier alpha value is -2.09. The summed E-state index contributed by atoms with van der Waals surface area (Å²) in [6.45, 7) is 2.49. The topological polar surface area (TPSA) is 84.5 Å². The molecule has 1 fully saturated rings. The minimum absolute atomic E-state index is 0.0396. The van der Waals surface area contributed by atoms with E-state index in [1.54, 1.807) is 30.3 Å². The van der Waals surface area contributed by atoms with Crippen molar-refractivity contribution >= 4 is 33.2 Å². The summed E-state index contributed by atoms with van der Waals surface area (Å²) in [6, 6.07) is 10.9. The number of nitrogens with one attached hydrogen (secondary N) is 2. The predicted molar refractivity (Wildman–Crippen MR) is 114 cm³/mol. The van der Waals surface area contributed by atoms with E-state index in [9.17, 15) is 13.2 Å². The van der Waals surface area contributed by atoms with Crippen LogP contribution in [0, 0.1) is 0 Å². The van der Waals surface area contributed by atoms with Crippen molar-refractivity contribution in [1.29, 1.82) is 0 Å². The van der Waals surface area contributed by atoms with E-state index in [0.29, 0.717) is 23.1 Å². The maximum absolute atomic E-state index is 12.8. The maximum atomic E-state index is 12.8. The van der Waals surface area contributed by atoms with Gasteiger partial charge in [0.2, 0.25) is 10.0 Å². The highest BCUT2D eigenvalue weighted by atomic mass is 35.5. The number of hydrogen-bond acceptors (Lipinski definition) is 4. The third-order valence-electron chi connectivity index (χ3n) is 4.74. The van der Waals surface area contributed by atoms with Crippen LogP contribution in [-0.4, -0.2) is 27.0 Å². The van der Waals surface area contributed by atoms with E-state index in [4.69, 9.17) is 16.3 Å². The molecule has 1 aliphatic carbocycles. The molecule has 29 heavy (non-hydrogen) atoms. The minimum Gasteiger partial charge on any atom is -0.491 e. The first-order valence-corrected chi connectivity index (χ1v) is 11.6. The average molecular weight is 437 g/mol. The molecule has 1 aliphatic rings. The summed E-state index contributed by atoms with van der Waals surface area (Å²) in [5.41, 5.74) is 0.675. The lowest BCUT2D eigenvalue weighted by molar-refractivity contribution is 0.102. The molecule has 0 aliphatic heterocycles. The molecule has 2 N–H and O–H groups in total. The van der Waals surface area contributed by atoms with Gasteiger partial charge in [0.05, 0.1) is 17.2 Å². The van der Waals surface area contributed by atoms with Crippen molar-refractivity contribution < 1.29 is 17.9 Å². The van der Waals surface area contributed by atoms with E-state index in [1.165, 1.54) is 12.1 Å². The van der Waals surface area contributed by atoms with Crippen LogP contribution in [0.3, 0.4) is 0 Å². The molecule has 1 amide bonds. The zero-order valence-corrected chi connectivity index (χ0v) is 17.9. The molecule has 2 aromatic rings. The SMILES string of the molecule is CCCOc1ccc(Cl)cc1NC(=O)c1cccc(S(=O)(=O)NC2CCCC2)c1. The molecular formula is C21H25ClN2O4S. The first kappa shape index (κ1) is 21.6. The van der Waals surface area contributed by atoms with Gasteiger partial charge in [0, 0.05) is 16.6 Å². The number of ether oxygens (including phenoxy) is 1. The quantitative estimate of drug-likeness (QED) is 0.633. The highest BCUT2D eigenvalue weighted by Gasteiger charge is 2.23. The summed E-state index contributed by atoms with van der Waals surface area (Å²) in [5, 5.41) is 3.22. The van der Waals surface area contributed by atoms with E-state index >= 15 is 0 Å². The average Bonchev–Trinajstić information content (AvgIpc) is 3.20. The number of rotatable bonds is 8. The minimum atomic E-state index is -3.68. The standard InChI is InChI=1S/C21H25ClN2O4S/c1-2-12-28-20-11-10-16(22)14-19(20)23-21(25)15-6-5-9-18(13-15)29(26,27)24-17-7-3-4-8-17/h5-6,9-11,13-14,17,24H,2-4,7-8,12H2,1H3,(H,23,25). The van der Waals surface area contributed by atoms with Crippen LogP contribution in [0.25, 0.3) is 0 Å². The second kappa shape index (κ2) is 9.61. The third kappa shape index (κ3) is 5.72. The Morgan fingerprint density at radius 1 is 1.17 bits per heavy atom. The van der Waals surface area contributed by atoms with Crippen molar-refractivity contribution in [3.8, 4) is 5.75 Å². The Balaban J connectivity index is 1.78. The van der Waals surface area contributed by atoms with Crippen molar-refractivity contribution in [2.24, 2.45) is 0 Å². The molecular weight excluding hydrogens is 412 g/mol. The van der Waals surface area contributed by atoms with Gasteiger partial charge in [0.15, 0.2) is 0 Å². The summed E-state index contributed by atoms with van der Waals surface area (Å²) >= 11 is 6.05. The largest absolute Gasteiger partial charge is 0.491 e. The molecule has 0 bridgehead atoms. The fourth-order valence-electron chi connectivity index (χ4n) is 3.27. The van der Waals surface area contributed by atoms with Gasteiger partial charge in [0.1, 0.15) is 5.75 Å². The molecule has 0 unspecified atom stereocenters. The van der Waals surface area contributed by atoms with Gasteiger partial charge in [-0.15, -0.1) is 0 Å². The number of sulfonamides is 1. The van der Waals surface area contributed by atoms with Crippen molar-refractivity contribution in [2.75, 3.05) is 11.9 Å². The van der Waals surface area contributed by atoms with Crippen LogP contribution in [0.2, 0.25) is 5.02 Å². The zero-order chi connectivity index (χ0) is 20.9. The lowest BCUT2D eigenvalue weighted by Crippen LogP contribution is -2.32. The molecule has 8 heteroatoms. The second-order valence-corrected chi connectivity index (χ2v) is 9.22. The van der Waals surface area contributed by atoms with E-state index < -0.39 is 15.9 Å². The van der Waals surface area contributed by atoms with Crippen LogP contribution < -0.4 is 14.8 Å². The fourth-order valence-corrected chi connectivity index (χ4v) is 4.79. The van der Waals surface area contributed by atoms with Crippen LogP contribution >= 0.6 is 11.6 Å². The number of carbonyl (C=O) groups excluding carboxylic acids is 1.